The van der Waals surface area contributed by atoms with Gasteiger partial charge in [0, 0.05) is 24.7 Å². The molecule has 0 aromatic heterocycles. The number of carbonyl (C=O) groups is 3. The Labute approximate surface area is 129 Å². The first-order valence-corrected chi connectivity index (χ1v) is 7.24. The summed E-state index contributed by atoms with van der Waals surface area (Å²) in [7, 11) is 1.71. The van der Waals surface area contributed by atoms with E-state index >= 15 is 0 Å². The van der Waals surface area contributed by atoms with Crippen LogP contribution in [0.5, 0.6) is 0 Å². The number of nitrogens with one attached hydrogen (secondary N) is 1. The summed E-state index contributed by atoms with van der Waals surface area (Å²) in [5.41, 5.74) is 2.13. The minimum Gasteiger partial charge on any atom is -0.480 e. The first kappa shape index (κ1) is 16.0. The van der Waals surface area contributed by atoms with Gasteiger partial charge in [0.05, 0.1) is 0 Å². The van der Waals surface area contributed by atoms with E-state index in [0.717, 1.165) is 11.3 Å². The number of nitrogens with zero attached hydrogens (tertiary/aromatic N) is 1. The van der Waals surface area contributed by atoms with Gasteiger partial charge < -0.3 is 15.3 Å². The predicted molar refractivity (Wildman–Crippen MR) is 81.9 cm³/mol. The molecule has 2 N–H and O–H groups in total. The van der Waals surface area contributed by atoms with Crippen LogP contribution in [0.4, 0.5) is 5.69 Å². The van der Waals surface area contributed by atoms with E-state index in [-0.39, 0.29) is 11.8 Å². The molecular weight excluding hydrogens is 284 g/mol. The van der Waals surface area contributed by atoms with E-state index in [9.17, 15) is 14.4 Å². The van der Waals surface area contributed by atoms with E-state index in [1.54, 1.807) is 44.0 Å². The fraction of sp³-hybridized carbons (Fsp3) is 0.438. The van der Waals surface area contributed by atoms with Crippen LogP contribution >= 0.6 is 0 Å². The van der Waals surface area contributed by atoms with Crippen molar-refractivity contribution in [2.45, 2.75) is 32.7 Å². The van der Waals surface area contributed by atoms with Crippen molar-refractivity contribution in [3.63, 3.8) is 0 Å². The Hall–Kier alpha value is -2.37. The van der Waals surface area contributed by atoms with E-state index in [2.05, 4.69) is 5.32 Å². The van der Waals surface area contributed by atoms with Gasteiger partial charge in [0.1, 0.15) is 6.04 Å². The molecule has 2 amide bonds. The maximum Gasteiger partial charge on any atom is 0.326 e. The highest BCUT2D eigenvalue weighted by molar-refractivity contribution is 6.00. The standard InChI is InChI=1S/C16H20N2O4/c1-9(2)14(16(21)22)17-15(20)11-4-6-12-10(8-11)5-7-13(19)18(12)3/h4,6,8-9,14H,5,7H2,1-3H3,(H,17,20)(H,21,22). The predicted octanol–water partition coefficient (Wildman–Crippen LogP) is 1.43. The summed E-state index contributed by atoms with van der Waals surface area (Å²) >= 11 is 0. The fourth-order valence-corrected chi connectivity index (χ4v) is 2.54. The van der Waals surface area contributed by atoms with Crippen molar-refractivity contribution in [3.8, 4) is 0 Å². The molecule has 1 unspecified atom stereocenters. The van der Waals surface area contributed by atoms with E-state index in [1.807, 2.05) is 0 Å². The van der Waals surface area contributed by atoms with Gasteiger partial charge in [-0.3, -0.25) is 9.59 Å². The van der Waals surface area contributed by atoms with Gasteiger partial charge in [0.25, 0.3) is 5.91 Å². The van der Waals surface area contributed by atoms with Crippen LogP contribution in [0.25, 0.3) is 0 Å². The lowest BCUT2D eigenvalue weighted by atomic mass is 9.98. The molecule has 1 aliphatic heterocycles. The number of anilines is 1. The highest BCUT2D eigenvalue weighted by atomic mass is 16.4. The maximum atomic E-state index is 12.2. The lowest BCUT2D eigenvalue weighted by molar-refractivity contribution is -0.140. The highest BCUT2D eigenvalue weighted by Crippen LogP contribution is 2.27. The molecule has 0 saturated heterocycles. The van der Waals surface area contributed by atoms with E-state index < -0.39 is 17.9 Å². The van der Waals surface area contributed by atoms with Crippen LogP contribution in [0.1, 0.15) is 36.2 Å². The molecule has 118 valence electrons. The molecule has 2 rings (SSSR count). The number of carbonyl (C=O) groups excluding carboxylic acids is 2. The number of aryl methyl sites for hydroxylation is 1. The minimum absolute atomic E-state index is 0.0513. The van der Waals surface area contributed by atoms with E-state index in [0.29, 0.717) is 18.4 Å². The number of aliphatic carboxylic acids is 1. The normalized spacial score (nSPS) is 15.5. The third kappa shape index (κ3) is 3.10. The second-order valence-electron chi connectivity index (χ2n) is 5.83. The molecule has 1 aromatic carbocycles. The van der Waals surface area contributed by atoms with Gasteiger partial charge in [0.15, 0.2) is 0 Å². The zero-order chi connectivity index (χ0) is 16.4. The Kier molecular flexibility index (Phi) is 4.49. The molecule has 0 saturated carbocycles. The van der Waals surface area contributed by atoms with Crippen molar-refractivity contribution in [2.24, 2.45) is 5.92 Å². The number of rotatable bonds is 4. The molecule has 0 aliphatic carbocycles. The molecule has 0 spiro atoms. The topological polar surface area (TPSA) is 86.7 Å². The van der Waals surface area contributed by atoms with Gasteiger partial charge in [-0.2, -0.15) is 0 Å². The molecule has 22 heavy (non-hydrogen) atoms. The van der Waals surface area contributed by atoms with Crippen LogP contribution in [0.15, 0.2) is 18.2 Å². The van der Waals surface area contributed by atoms with Crippen molar-refractivity contribution in [3.05, 3.63) is 29.3 Å². The number of benzene rings is 1. The van der Waals surface area contributed by atoms with Crippen LogP contribution < -0.4 is 10.2 Å². The van der Waals surface area contributed by atoms with Gasteiger partial charge in [-0.05, 0) is 36.1 Å². The second kappa shape index (κ2) is 6.17. The largest absolute Gasteiger partial charge is 0.480 e. The number of amides is 2. The summed E-state index contributed by atoms with van der Waals surface area (Å²) in [5.74, 6) is -1.62. The van der Waals surface area contributed by atoms with Gasteiger partial charge in [-0.15, -0.1) is 0 Å². The summed E-state index contributed by atoms with van der Waals surface area (Å²) in [6, 6.07) is 4.15. The number of hydrogen-bond acceptors (Lipinski definition) is 3. The molecule has 6 nitrogen and oxygen atoms in total. The van der Waals surface area contributed by atoms with E-state index in [1.165, 1.54) is 0 Å². The first-order valence-electron chi connectivity index (χ1n) is 7.24. The van der Waals surface area contributed by atoms with Crippen molar-refractivity contribution in [1.82, 2.24) is 5.32 Å². The summed E-state index contributed by atoms with van der Waals surface area (Å²) in [6.07, 6.45) is 1.00. The van der Waals surface area contributed by atoms with Crippen LogP contribution in [-0.4, -0.2) is 36.0 Å². The Morgan fingerprint density at radius 2 is 1.95 bits per heavy atom. The van der Waals surface area contributed by atoms with Crippen LogP contribution in [-0.2, 0) is 16.0 Å². The van der Waals surface area contributed by atoms with Crippen LogP contribution in [0.3, 0.4) is 0 Å². The van der Waals surface area contributed by atoms with Crippen LogP contribution in [0.2, 0.25) is 0 Å². The Bertz CT molecular complexity index is 625. The van der Waals surface area contributed by atoms with Gasteiger partial charge in [-0.1, -0.05) is 13.8 Å². The summed E-state index contributed by atoms with van der Waals surface area (Å²) in [6.45, 7) is 3.49. The third-order valence-electron chi connectivity index (χ3n) is 3.90. The quantitative estimate of drug-likeness (QED) is 0.881. The molecule has 0 fully saturated rings. The minimum atomic E-state index is -1.05. The number of fused-ring (bicyclic) bond motifs is 1. The number of carboxylic acids is 1. The lowest BCUT2D eigenvalue weighted by Gasteiger charge is -2.26. The van der Waals surface area contributed by atoms with Crippen LogP contribution in [0, 0.1) is 5.92 Å². The molecule has 6 heteroatoms. The van der Waals surface area contributed by atoms with Gasteiger partial charge in [-0.25, -0.2) is 4.79 Å². The van der Waals surface area contributed by atoms with Crippen molar-refractivity contribution < 1.29 is 19.5 Å². The molecule has 1 aliphatic rings. The van der Waals surface area contributed by atoms with Crippen molar-refractivity contribution in [2.75, 3.05) is 11.9 Å². The number of carboxylic acid groups (broad SMARTS) is 1. The number of hydrogen-bond donors (Lipinski definition) is 2. The monoisotopic (exact) mass is 304 g/mol. The summed E-state index contributed by atoms with van der Waals surface area (Å²) in [5, 5.41) is 11.7. The zero-order valence-corrected chi connectivity index (χ0v) is 12.9. The molecule has 1 aromatic rings. The average Bonchev–Trinajstić information content (AvgIpc) is 2.47. The molecule has 1 atom stereocenters. The molecule has 0 radical (unpaired) electrons. The Morgan fingerprint density at radius 3 is 2.55 bits per heavy atom. The Balaban J connectivity index is 2.22. The smallest absolute Gasteiger partial charge is 0.326 e. The van der Waals surface area contributed by atoms with Crippen molar-refractivity contribution >= 4 is 23.5 Å². The highest BCUT2D eigenvalue weighted by Gasteiger charge is 2.25. The van der Waals surface area contributed by atoms with E-state index in [4.69, 9.17) is 5.11 Å². The van der Waals surface area contributed by atoms with Crippen molar-refractivity contribution in [1.29, 1.82) is 0 Å². The zero-order valence-electron chi connectivity index (χ0n) is 12.9. The average molecular weight is 304 g/mol. The lowest BCUT2D eigenvalue weighted by Crippen LogP contribution is -2.44. The fourth-order valence-electron chi connectivity index (χ4n) is 2.54. The molecule has 1 heterocycles. The summed E-state index contributed by atoms with van der Waals surface area (Å²) < 4.78 is 0. The molecule has 0 bridgehead atoms. The maximum absolute atomic E-state index is 12.2. The third-order valence-corrected chi connectivity index (χ3v) is 3.90. The Morgan fingerprint density at radius 1 is 1.27 bits per heavy atom. The second-order valence-corrected chi connectivity index (χ2v) is 5.83. The molecular formula is C16H20N2O4. The van der Waals surface area contributed by atoms with Gasteiger partial charge >= 0.3 is 5.97 Å². The summed E-state index contributed by atoms with van der Waals surface area (Å²) in [4.78, 5) is 36.6. The first-order chi connectivity index (χ1) is 10.3. The SMILES string of the molecule is CC(C)C(NC(=O)c1ccc2c(c1)CCC(=O)N2C)C(=O)O. The van der Waals surface area contributed by atoms with Gasteiger partial charge in [0.2, 0.25) is 5.91 Å².